The van der Waals surface area contributed by atoms with Crippen molar-refractivity contribution >= 4 is 0 Å². The summed E-state index contributed by atoms with van der Waals surface area (Å²) >= 11 is 0. The minimum atomic E-state index is -3.51. The Hall–Kier alpha value is -0.890. The van der Waals surface area contributed by atoms with Crippen LogP contribution in [0.15, 0.2) is 0 Å². The molecule has 0 radical (unpaired) electrons. The second kappa shape index (κ2) is 4.56. The molecule has 0 rings (SSSR count). The van der Waals surface area contributed by atoms with Crippen molar-refractivity contribution in [2.75, 3.05) is 26.6 Å². The lowest BCUT2D eigenvalue weighted by molar-refractivity contribution is -0.598. The van der Waals surface area contributed by atoms with Gasteiger partial charge < -0.3 is 10.2 Å². The van der Waals surface area contributed by atoms with Gasteiger partial charge in [-0.15, -0.1) is 0 Å². The molecule has 5 nitrogen and oxygen atoms in total. The maximum absolute atomic E-state index is 13.3. The summed E-state index contributed by atoms with van der Waals surface area (Å²) < 4.78 is 37.6. The van der Waals surface area contributed by atoms with Gasteiger partial charge in [-0.05, 0) is 0 Å². The van der Waals surface area contributed by atoms with Crippen LogP contribution in [0.25, 0.3) is 0 Å². The Kier molecular flexibility index (Phi) is 4.27. The lowest BCUT2D eigenvalue weighted by Gasteiger charge is -2.31. The quantitative estimate of drug-likeness (QED) is 0.469. The smallest absolute Gasteiger partial charge is 0.305 e. The molecule has 0 aromatic heterocycles. The summed E-state index contributed by atoms with van der Waals surface area (Å²) in [6.45, 7) is -6.96. The standard InChI is InChI=1S/C6H10F3NO4/c7-1-5(9,2-8)6(3-11,4-12)10(13)14/h11-12H,1-4H2. The van der Waals surface area contributed by atoms with Crippen LogP contribution in [0.4, 0.5) is 13.2 Å². The Morgan fingerprint density at radius 1 is 1.21 bits per heavy atom. The topological polar surface area (TPSA) is 83.6 Å². The minimum Gasteiger partial charge on any atom is -0.389 e. The van der Waals surface area contributed by atoms with Gasteiger partial charge in [0.05, 0.1) is 0 Å². The fourth-order valence-corrected chi connectivity index (χ4v) is 0.897. The highest BCUT2D eigenvalue weighted by Crippen LogP contribution is 2.30. The van der Waals surface area contributed by atoms with Crippen molar-refractivity contribution in [3.63, 3.8) is 0 Å². The molecule has 0 aliphatic carbocycles. The van der Waals surface area contributed by atoms with Crippen LogP contribution in [0.3, 0.4) is 0 Å². The number of nitro groups is 1. The summed E-state index contributed by atoms with van der Waals surface area (Å²) in [5.41, 5.74) is -6.56. The summed E-state index contributed by atoms with van der Waals surface area (Å²) in [7, 11) is 0. The molecule has 0 saturated carbocycles. The molecule has 0 aromatic carbocycles. The zero-order chi connectivity index (χ0) is 11.4. The molecule has 84 valence electrons. The Balaban J connectivity index is 5.25. The normalized spacial score (nSPS) is 12.9. The van der Waals surface area contributed by atoms with Gasteiger partial charge in [0.25, 0.3) is 0 Å². The first-order valence-electron chi connectivity index (χ1n) is 3.61. The number of hydrogen-bond acceptors (Lipinski definition) is 4. The summed E-state index contributed by atoms with van der Waals surface area (Å²) in [5.74, 6) is 0. The summed E-state index contributed by atoms with van der Waals surface area (Å²) in [6, 6.07) is 0. The Morgan fingerprint density at radius 3 is 1.64 bits per heavy atom. The highest BCUT2D eigenvalue weighted by Gasteiger charge is 2.63. The van der Waals surface area contributed by atoms with E-state index in [9.17, 15) is 23.3 Å². The predicted octanol–water partition coefficient (Wildman–Crippen LogP) is -0.366. The van der Waals surface area contributed by atoms with Crippen LogP contribution in [-0.4, -0.2) is 52.9 Å². The van der Waals surface area contributed by atoms with Crippen LogP contribution in [-0.2, 0) is 0 Å². The maximum Gasteiger partial charge on any atom is 0.305 e. The molecule has 0 spiro atoms. The molecule has 0 fully saturated rings. The van der Waals surface area contributed by atoms with E-state index in [2.05, 4.69) is 0 Å². The van der Waals surface area contributed by atoms with Gasteiger partial charge >= 0.3 is 5.54 Å². The van der Waals surface area contributed by atoms with Gasteiger partial charge in [-0.3, -0.25) is 10.1 Å². The molecule has 0 aliphatic rings. The number of hydrogen-bond donors (Lipinski definition) is 2. The number of aliphatic hydroxyl groups excluding tert-OH is 2. The van der Waals surface area contributed by atoms with Crippen molar-refractivity contribution in [1.82, 2.24) is 0 Å². The molecule has 0 bridgehead atoms. The fraction of sp³-hybridized carbons (Fsp3) is 1.00. The highest BCUT2D eigenvalue weighted by molar-refractivity contribution is 5.00. The Labute approximate surface area is 77.3 Å². The van der Waals surface area contributed by atoms with E-state index >= 15 is 0 Å². The first-order valence-corrected chi connectivity index (χ1v) is 3.61. The van der Waals surface area contributed by atoms with E-state index in [1.54, 1.807) is 0 Å². The van der Waals surface area contributed by atoms with Crippen molar-refractivity contribution in [3.8, 4) is 0 Å². The SMILES string of the molecule is O=[N+]([O-])C(CO)(CO)C(F)(CF)CF. The molecule has 0 saturated heterocycles. The van der Waals surface area contributed by atoms with Crippen LogP contribution in [0.1, 0.15) is 0 Å². The first kappa shape index (κ1) is 13.1. The van der Waals surface area contributed by atoms with Gasteiger partial charge in [-0.2, -0.15) is 0 Å². The van der Waals surface area contributed by atoms with E-state index in [-0.39, 0.29) is 0 Å². The van der Waals surface area contributed by atoms with Gasteiger partial charge in [-0.25, -0.2) is 13.2 Å². The highest BCUT2D eigenvalue weighted by atomic mass is 19.2. The number of halogens is 3. The maximum atomic E-state index is 13.3. The molecule has 0 atom stereocenters. The number of alkyl halides is 3. The van der Waals surface area contributed by atoms with E-state index in [4.69, 9.17) is 10.2 Å². The predicted molar refractivity (Wildman–Crippen MR) is 39.7 cm³/mol. The lowest BCUT2D eigenvalue weighted by atomic mass is 9.84. The Bertz CT molecular complexity index is 205. The third-order valence-corrected chi connectivity index (χ3v) is 2.13. The largest absolute Gasteiger partial charge is 0.389 e. The van der Waals surface area contributed by atoms with Crippen molar-refractivity contribution < 1.29 is 28.3 Å². The van der Waals surface area contributed by atoms with Crippen molar-refractivity contribution in [1.29, 1.82) is 0 Å². The van der Waals surface area contributed by atoms with Crippen molar-refractivity contribution in [2.24, 2.45) is 0 Å². The van der Waals surface area contributed by atoms with E-state index in [1.807, 2.05) is 0 Å². The van der Waals surface area contributed by atoms with E-state index in [1.165, 1.54) is 0 Å². The summed E-state index contributed by atoms with van der Waals surface area (Å²) in [6.07, 6.45) is 0. The number of rotatable bonds is 6. The third kappa shape index (κ3) is 1.67. The van der Waals surface area contributed by atoms with Gasteiger partial charge in [0.15, 0.2) is 0 Å². The van der Waals surface area contributed by atoms with E-state index in [0.29, 0.717) is 0 Å². The first-order chi connectivity index (χ1) is 6.44. The molecular formula is C6H10F3NO4. The van der Waals surface area contributed by atoms with Crippen LogP contribution in [0, 0.1) is 10.1 Å². The van der Waals surface area contributed by atoms with Crippen LogP contribution in [0.5, 0.6) is 0 Å². The molecule has 2 N–H and O–H groups in total. The summed E-state index contributed by atoms with van der Waals surface area (Å²) in [4.78, 5) is 8.95. The molecule has 0 heterocycles. The molecule has 0 aromatic rings. The van der Waals surface area contributed by atoms with Gasteiger partial charge in [0, 0.05) is 4.92 Å². The molecular weight excluding hydrogens is 207 g/mol. The second-order valence-corrected chi connectivity index (χ2v) is 2.84. The Morgan fingerprint density at radius 2 is 1.57 bits per heavy atom. The minimum absolute atomic E-state index is 1.41. The van der Waals surface area contributed by atoms with Crippen molar-refractivity contribution in [2.45, 2.75) is 11.2 Å². The van der Waals surface area contributed by atoms with Crippen LogP contribution >= 0.6 is 0 Å². The molecule has 8 heteroatoms. The second-order valence-electron chi connectivity index (χ2n) is 2.84. The molecule has 14 heavy (non-hydrogen) atoms. The average Bonchev–Trinajstić information content (AvgIpc) is 2.19. The van der Waals surface area contributed by atoms with Crippen LogP contribution < -0.4 is 0 Å². The van der Waals surface area contributed by atoms with E-state index < -0.39 is 42.7 Å². The molecule has 0 amide bonds. The number of aliphatic hydroxyl groups is 2. The van der Waals surface area contributed by atoms with E-state index in [0.717, 1.165) is 0 Å². The third-order valence-electron chi connectivity index (χ3n) is 2.13. The summed E-state index contributed by atoms with van der Waals surface area (Å²) in [5, 5.41) is 27.5. The van der Waals surface area contributed by atoms with Gasteiger partial charge in [0.1, 0.15) is 26.6 Å². The van der Waals surface area contributed by atoms with Gasteiger partial charge in [-0.1, -0.05) is 0 Å². The fourth-order valence-electron chi connectivity index (χ4n) is 0.897. The average molecular weight is 217 g/mol. The lowest BCUT2D eigenvalue weighted by Crippen LogP contribution is -2.64. The zero-order valence-electron chi connectivity index (χ0n) is 7.12. The molecule has 0 aliphatic heterocycles. The van der Waals surface area contributed by atoms with Gasteiger partial charge in [0.2, 0.25) is 5.67 Å². The zero-order valence-corrected chi connectivity index (χ0v) is 7.12. The monoisotopic (exact) mass is 217 g/mol. The molecule has 0 unspecified atom stereocenters. The van der Waals surface area contributed by atoms with Crippen LogP contribution in [0.2, 0.25) is 0 Å². The van der Waals surface area contributed by atoms with Crippen molar-refractivity contribution in [3.05, 3.63) is 10.1 Å². The number of nitrogens with zero attached hydrogens (tertiary/aromatic N) is 1.